The molecule has 3 amide bonds. The molecule has 9 nitrogen and oxygen atoms in total. The first-order chi connectivity index (χ1) is 15.9. The lowest BCUT2D eigenvalue weighted by molar-refractivity contribution is -0.129. The second-order valence-electron chi connectivity index (χ2n) is 7.98. The van der Waals surface area contributed by atoms with Crippen molar-refractivity contribution in [3.05, 3.63) is 54.1 Å². The van der Waals surface area contributed by atoms with Crippen molar-refractivity contribution in [1.29, 1.82) is 5.26 Å². The maximum Gasteiger partial charge on any atom is 0.338 e. The number of esters is 1. The SMILES string of the molecule is N#CCC(=O)Nc1ccc(C(=O)OCC(=O)N2c3ccccc3NC(=O)C23CCCC3)cc1. The minimum absolute atomic E-state index is 0.202. The van der Waals surface area contributed by atoms with Crippen LogP contribution in [0.15, 0.2) is 48.5 Å². The van der Waals surface area contributed by atoms with E-state index in [-0.39, 0.29) is 17.9 Å². The molecule has 1 spiro atoms. The maximum atomic E-state index is 13.2. The smallest absolute Gasteiger partial charge is 0.338 e. The molecule has 2 aliphatic rings. The number of hydrogen-bond acceptors (Lipinski definition) is 6. The Kier molecular flexibility index (Phi) is 6.09. The molecule has 2 aromatic rings. The zero-order chi connectivity index (χ0) is 23.4. The number of hydrogen-bond donors (Lipinski definition) is 2. The van der Waals surface area contributed by atoms with Crippen LogP contribution >= 0.6 is 0 Å². The van der Waals surface area contributed by atoms with Crippen LogP contribution in [0.4, 0.5) is 17.1 Å². The van der Waals surface area contributed by atoms with Crippen LogP contribution in [0.1, 0.15) is 42.5 Å². The number of rotatable bonds is 5. The van der Waals surface area contributed by atoms with Crippen molar-refractivity contribution in [2.24, 2.45) is 0 Å². The summed E-state index contributed by atoms with van der Waals surface area (Å²) in [5.74, 6) is -1.83. The van der Waals surface area contributed by atoms with Crippen molar-refractivity contribution in [1.82, 2.24) is 0 Å². The number of benzene rings is 2. The van der Waals surface area contributed by atoms with Crippen molar-refractivity contribution in [3.63, 3.8) is 0 Å². The Morgan fingerprint density at radius 2 is 1.79 bits per heavy atom. The van der Waals surface area contributed by atoms with Crippen molar-refractivity contribution >= 4 is 40.8 Å². The highest BCUT2D eigenvalue weighted by atomic mass is 16.5. The largest absolute Gasteiger partial charge is 0.452 e. The predicted molar refractivity (Wildman–Crippen MR) is 119 cm³/mol. The second kappa shape index (κ2) is 9.12. The van der Waals surface area contributed by atoms with Gasteiger partial charge in [-0.2, -0.15) is 5.26 Å². The Labute approximate surface area is 190 Å². The number of para-hydroxylation sites is 2. The van der Waals surface area contributed by atoms with Gasteiger partial charge in [0, 0.05) is 5.69 Å². The first kappa shape index (κ1) is 22.0. The van der Waals surface area contributed by atoms with E-state index in [1.54, 1.807) is 30.3 Å². The fourth-order valence-electron chi connectivity index (χ4n) is 4.37. The number of carbonyl (C=O) groups excluding carboxylic acids is 4. The maximum absolute atomic E-state index is 13.2. The van der Waals surface area contributed by atoms with Gasteiger partial charge in [-0.25, -0.2) is 4.79 Å². The molecule has 0 aromatic heterocycles. The first-order valence-electron chi connectivity index (χ1n) is 10.6. The van der Waals surface area contributed by atoms with Crippen molar-refractivity contribution in [2.75, 3.05) is 22.1 Å². The van der Waals surface area contributed by atoms with Gasteiger partial charge in [-0.15, -0.1) is 0 Å². The number of ether oxygens (including phenoxy) is 1. The van der Waals surface area contributed by atoms with Gasteiger partial charge >= 0.3 is 5.97 Å². The van der Waals surface area contributed by atoms with Crippen molar-refractivity contribution in [3.8, 4) is 6.07 Å². The summed E-state index contributed by atoms with van der Waals surface area (Å²) < 4.78 is 5.26. The lowest BCUT2D eigenvalue weighted by atomic mass is 9.90. The molecule has 2 aromatic carbocycles. The van der Waals surface area contributed by atoms with Crippen LogP contribution in [-0.2, 0) is 19.1 Å². The lowest BCUT2D eigenvalue weighted by Crippen LogP contribution is -2.61. The molecular weight excluding hydrogens is 424 g/mol. The Bertz CT molecular complexity index is 1150. The number of anilines is 3. The van der Waals surface area contributed by atoms with Gasteiger partial charge in [0.25, 0.3) is 11.8 Å². The molecule has 0 unspecified atom stereocenters. The topological polar surface area (TPSA) is 129 Å². The van der Waals surface area contributed by atoms with E-state index in [2.05, 4.69) is 10.6 Å². The van der Waals surface area contributed by atoms with Crippen LogP contribution < -0.4 is 15.5 Å². The van der Waals surface area contributed by atoms with E-state index < -0.39 is 29.9 Å². The summed E-state index contributed by atoms with van der Waals surface area (Å²) in [6.07, 6.45) is 2.48. The highest BCUT2D eigenvalue weighted by molar-refractivity contribution is 6.15. The second-order valence-corrected chi connectivity index (χ2v) is 7.98. The average Bonchev–Trinajstić information content (AvgIpc) is 3.29. The van der Waals surface area contributed by atoms with Gasteiger partial charge in [-0.05, 0) is 49.2 Å². The predicted octanol–water partition coefficient (Wildman–Crippen LogP) is 2.99. The highest BCUT2D eigenvalue weighted by Gasteiger charge is 2.52. The number of nitriles is 1. The third kappa shape index (κ3) is 4.28. The van der Waals surface area contributed by atoms with Crippen LogP contribution in [0.3, 0.4) is 0 Å². The van der Waals surface area contributed by atoms with Gasteiger partial charge in [0.15, 0.2) is 6.61 Å². The fourth-order valence-corrected chi connectivity index (χ4v) is 4.37. The summed E-state index contributed by atoms with van der Waals surface area (Å²) in [5, 5.41) is 14.0. The van der Waals surface area contributed by atoms with Crippen LogP contribution in [0.25, 0.3) is 0 Å². The molecule has 0 bridgehead atoms. The summed E-state index contributed by atoms with van der Waals surface area (Å²) in [6.45, 7) is -0.511. The van der Waals surface area contributed by atoms with Gasteiger partial charge in [-0.3, -0.25) is 19.3 Å². The molecule has 1 aliphatic carbocycles. The summed E-state index contributed by atoms with van der Waals surface area (Å²) in [6, 6.07) is 14.8. The van der Waals surface area contributed by atoms with Gasteiger partial charge in [0.05, 0.1) is 23.0 Å². The Balaban J connectivity index is 1.46. The van der Waals surface area contributed by atoms with E-state index in [9.17, 15) is 19.2 Å². The van der Waals surface area contributed by atoms with E-state index in [1.807, 2.05) is 0 Å². The highest BCUT2D eigenvalue weighted by Crippen LogP contribution is 2.45. The van der Waals surface area contributed by atoms with E-state index in [0.717, 1.165) is 12.8 Å². The molecule has 1 fully saturated rings. The standard InChI is InChI=1S/C24H22N4O5/c25-14-11-20(29)26-17-9-7-16(8-10-17)22(31)33-15-21(30)28-19-6-2-1-5-18(19)27-23(32)24(28)12-3-4-13-24/h1-2,5-10H,3-4,11-13,15H2,(H,26,29)(H,27,32). The Hall–Kier alpha value is -4.19. The Morgan fingerprint density at radius 3 is 2.48 bits per heavy atom. The number of carbonyl (C=O) groups is 4. The molecular formula is C24H22N4O5. The molecule has 1 heterocycles. The summed E-state index contributed by atoms with van der Waals surface area (Å²) in [5.41, 5.74) is 0.808. The molecule has 0 atom stereocenters. The van der Waals surface area contributed by atoms with Gasteiger partial charge in [-0.1, -0.05) is 25.0 Å². The average molecular weight is 446 g/mol. The third-order valence-electron chi connectivity index (χ3n) is 5.89. The minimum atomic E-state index is -0.971. The van der Waals surface area contributed by atoms with Gasteiger partial charge in [0.1, 0.15) is 12.0 Å². The van der Waals surface area contributed by atoms with Crippen LogP contribution in [0.2, 0.25) is 0 Å². The normalized spacial score (nSPS) is 15.8. The quantitative estimate of drug-likeness (QED) is 0.680. The number of amides is 3. The van der Waals surface area contributed by atoms with E-state index in [0.29, 0.717) is 29.9 Å². The summed E-state index contributed by atoms with van der Waals surface area (Å²) in [4.78, 5) is 51.6. The van der Waals surface area contributed by atoms with Crippen molar-refractivity contribution in [2.45, 2.75) is 37.6 Å². The zero-order valence-electron chi connectivity index (χ0n) is 17.8. The number of fused-ring (bicyclic) bond motifs is 1. The Morgan fingerprint density at radius 1 is 1.09 bits per heavy atom. The molecule has 1 saturated carbocycles. The number of nitrogens with one attached hydrogen (secondary N) is 2. The molecule has 9 heteroatoms. The van der Waals surface area contributed by atoms with Crippen molar-refractivity contribution < 1.29 is 23.9 Å². The molecule has 33 heavy (non-hydrogen) atoms. The van der Waals surface area contributed by atoms with Crippen LogP contribution in [0.5, 0.6) is 0 Å². The van der Waals surface area contributed by atoms with Crippen LogP contribution in [-0.4, -0.2) is 35.8 Å². The molecule has 0 radical (unpaired) electrons. The zero-order valence-corrected chi connectivity index (χ0v) is 17.8. The lowest BCUT2D eigenvalue weighted by Gasteiger charge is -2.44. The molecule has 0 saturated heterocycles. The molecule has 2 N–H and O–H groups in total. The van der Waals surface area contributed by atoms with Gasteiger partial charge < -0.3 is 15.4 Å². The third-order valence-corrected chi connectivity index (χ3v) is 5.89. The molecule has 168 valence electrons. The number of nitrogens with zero attached hydrogens (tertiary/aromatic N) is 2. The van der Waals surface area contributed by atoms with Crippen LogP contribution in [0, 0.1) is 11.3 Å². The van der Waals surface area contributed by atoms with E-state index in [1.165, 1.54) is 29.2 Å². The molecule has 4 rings (SSSR count). The monoisotopic (exact) mass is 446 g/mol. The minimum Gasteiger partial charge on any atom is -0.452 e. The molecule has 1 aliphatic heterocycles. The summed E-state index contributed by atoms with van der Waals surface area (Å²) in [7, 11) is 0. The van der Waals surface area contributed by atoms with E-state index >= 15 is 0 Å². The first-order valence-corrected chi connectivity index (χ1v) is 10.6. The van der Waals surface area contributed by atoms with E-state index in [4.69, 9.17) is 10.00 Å². The van der Waals surface area contributed by atoms with Gasteiger partial charge in [0.2, 0.25) is 5.91 Å². The fraction of sp³-hybridized carbons (Fsp3) is 0.292. The summed E-state index contributed by atoms with van der Waals surface area (Å²) >= 11 is 0.